The van der Waals surface area contributed by atoms with Crippen LogP contribution in [0.2, 0.25) is 0 Å². The van der Waals surface area contributed by atoms with Crippen LogP contribution >= 0.6 is 34.9 Å². The fourth-order valence-electron chi connectivity index (χ4n) is 4.99. The number of aliphatic carboxylic acids is 1. The van der Waals surface area contributed by atoms with E-state index < -0.39 is 70.8 Å². The van der Waals surface area contributed by atoms with Crippen molar-refractivity contribution in [3.63, 3.8) is 0 Å². The minimum atomic E-state index is -1.38. The number of aromatic nitrogens is 5. The van der Waals surface area contributed by atoms with Crippen LogP contribution in [0.15, 0.2) is 45.0 Å². The van der Waals surface area contributed by atoms with E-state index in [1.54, 1.807) is 13.0 Å². The van der Waals surface area contributed by atoms with Gasteiger partial charge < -0.3 is 41.4 Å². The topological polar surface area (TPSA) is 305 Å². The van der Waals surface area contributed by atoms with Crippen molar-refractivity contribution in [2.24, 2.45) is 5.16 Å². The molecule has 1 aromatic carbocycles. The summed E-state index contributed by atoms with van der Waals surface area (Å²) >= 11 is 3.34. The Morgan fingerprint density at radius 3 is 2.41 bits per heavy atom. The van der Waals surface area contributed by atoms with Crippen molar-refractivity contribution in [1.82, 2.24) is 34.8 Å². The summed E-state index contributed by atoms with van der Waals surface area (Å²) in [7, 11) is 0. The number of fused-ring (bicyclic) bond motifs is 2. The van der Waals surface area contributed by atoms with Gasteiger partial charge in [-0.25, -0.2) is 24.4 Å². The number of aromatic carboxylic acids is 2. The third kappa shape index (κ3) is 9.35. The van der Waals surface area contributed by atoms with E-state index in [0.717, 1.165) is 40.1 Å². The van der Waals surface area contributed by atoms with E-state index in [-0.39, 0.29) is 134 Å². The summed E-state index contributed by atoms with van der Waals surface area (Å²) < 4.78 is 1.24. The molecule has 0 bridgehead atoms. The molecule has 2 atom stereocenters. The maximum absolute atomic E-state index is 13.5. The SMILES string of the molecule is Cc1cc(SCC2=C(C(=O)O)N3C(=O)[C@@H](NC(=O)C(=NOCc4cc(C(=O)O)cc(O)c4O)c4csc(N)n4)[C@H]3SC2)n2nc(C(=O)O)nc2n1.[Na].[Na].[Na]. The Morgan fingerprint density at radius 2 is 1.78 bits per heavy atom. The zero-order valence-corrected chi connectivity index (χ0v) is 37.2. The number of carbonyl (C=O) groups excluding carboxylic acids is 2. The second kappa shape index (κ2) is 18.8. The molecule has 2 aliphatic rings. The summed E-state index contributed by atoms with van der Waals surface area (Å²) in [6, 6.07) is 2.34. The number of aromatic hydroxyl groups is 2. The van der Waals surface area contributed by atoms with Crippen LogP contribution in [-0.4, -0.2) is 202 Å². The molecule has 3 radical (unpaired) electrons. The minimum Gasteiger partial charge on any atom is -0.504 e. The number of hydrogen-bond donors (Lipinski definition) is 7. The number of rotatable bonds is 12. The molecule has 8 N–H and O–H groups in total. The zero-order valence-electron chi connectivity index (χ0n) is 28.7. The monoisotopic (exact) mass is 826 g/mol. The van der Waals surface area contributed by atoms with Gasteiger partial charge in [-0.15, -0.1) is 40.0 Å². The first kappa shape index (κ1) is 45.4. The number of carboxylic acid groups (broad SMARTS) is 3. The molecule has 2 aliphatic heterocycles. The van der Waals surface area contributed by atoms with Crippen molar-refractivity contribution in [3.05, 3.63) is 63.2 Å². The van der Waals surface area contributed by atoms with Gasteiger partial charge in [0.15, 0.2) is 22.3 Å². The molecular formula is C28H23N9Na3O11S3. The number of nitrogens with one attached hydrogen (secondary N) is 1. The molecule has 0 aliphatic carbocycles. The average molecular weight is 827 g/mol. The number of nitrogen functional groups attached to an aromatic ring is 1. The molecule has 4 aromatic rings. The van der Waals surface area contributed by atoms with E-state index in [0.29, 0.717) is 16.3 Å². The second-order valence-corrected chi connectivity index (χ2v) is 13.7. The van der Waals surface area contributed by atoms with Crippen LogP contribution < -0.4 is 11.1 Å². The van der Waals surface area contributed by atoms with Crippen LogP contribution in [0, 0.1) is 6.92 Å². The zero-order chi connectivity index (χ0) is 36.7. The molecular weight excluding hydrogens is 804 g/mol. The van der Waals surface area contributed by atoms with Crippen LogP contribution in [0.25, 0.3) is 5.78 Å². The molecule has 3 aromatic heterocycles. The minimum absolute atomic E-state index is 0. The van der Waals surface area contributed by atoms with Crippen molar-refractivity contribution < 1.29 is 54.3 Å². The van der Waals surface area contributed by atoms with Crippen LogP contribution in [0.1, 0.15) is 37.9 Å². The number of carbonyl (C=O) groups is 5. The molecule has 0 spiro atoms. The third-order valence-corrected chi connectivity index (χ3v) is 10.4. The predicted molar refractivity (Wildman–Crippen MR) is 195 cm³/mol. The number of thioether (sulfide) groups is 2. The van der Waals surface area contributed by atoms with Crippen molar-refractivity contribution in [1.29, 1.82) is 0 Å². The van der Waals surface area contributed by atoms with Gasteiger partial charge in [0.25, 0.3) is 23.4 Å². The standard InChI is InChI=1S/C28H23N9O11S3.3Na/c1-9-2-15(37-28(30-9)33-20(34-37)26(46)47)49-6-12-7-50-23-17(22(41)36(23)18(12)25(44)45)32-21(40)16(13-8-51-27(29)31-13)35-48-5-11-3-10(24(42)43)4-14(38)19(11)39;;;/h2-4,8,17,23,38-39H,5-7H2,1H3,(H2,29,31)(H,32,40)(H,42,43)(H,44,45)(H,46,47);;;/t17-,23-;;;/m1.../s1. The summed E-state index contributed by atoms with van der Waals surface area (Å²) in [6.07, 6.45) is 0. The molecule has 20 nitrogen and oxygen atoms in total. The molecule has 267 valence electrons. The summed E-state index contributed by atoms with van der Waals surface area (Å²) in [5.41, 5.74) is 5.42. The van der Waals surface area contributed by atoms with Gasteiger partial charge in [0.1, 0.15) is 34.4 Å². The first-order chi connectivity index (χ1) is 24.2. The normalized spacial score (nSPS) is 16.3. The Kier molecular flexibility index (Phi) is 15.8. The predicted octanol–water partition coefficient (Wildman–Crippen LogP) is -0.412. The fourth-order valence-corrected chi connectivity index (χ4v) is 8.07. The largest absolute Gasteiger partial charge is 0.504 e. The number of nitrogens with zero attached hydrogens (tertiary/aromatic N) is 7. The summed E-state index contributed by atoms with van der Waals surface area (Å²) in [4.78, 5) is 80.4. The van der Waals surface area contributed by atoms with Crippen LogP contribution in [-0.2, 0) is 25.8 Å². The number of hydrogen-bond acceptors (Lipinski definition) is 17. The maximum Gasteiger partial charge on any atom is 0.375 e. The number of aryl methyl sites for hydroxylation is 1. The number of benzene rings is 1. The van der Waals surface area contributed by atoms with Gasteiger partial charge in [0.05, 0.1) is 5.56 Å². The van der Waals surface area contributed by atoms with Crippen LogP contribution in [0.3, 0.4) is 0 Å². The Hall–Kier alpha value is -2.94. The molecule has 1 fully saturated rings. The first-order valence-corrected chi connectivity index (χ1v) is 17.2. The number of nitrogens with two attached hydrogens (primary N) is 1. The van der Waals surface area contributed by atoms with E-state index in [1.807, 2.05) is 0 Å². The van der Waals surface area contributed by atoms with Gasteiger partial charge in [0.2, 0.25) is 0 Å². The fraction of sp³-hybridized carbons (Fsp3) is 0.214. The number of phenols is 2. The number of phenolic OH excluding ortho intramolecular Hbond substituents is 2. The van der Waals surface area contributed by atoms with Gasteiger partial charge in [-0.3, -0.25) is 14.5 Å². The number of carboxylic acids is 3. The molecule has 26 heteroatoms. The van der Waals surface area contributed by atoms with Gasteiger partial charge >= 0.3 is 17.9 Å². The van der Waals surface area contributed by atoms with E-state index in [1.165, 1.54) is 21.7 Å². The van der Waals surface area contributed by atoms with Gasteiger partial charge in [-0.1, -0.05) is 5.16 Å². The van der Waals surface area contributed by atoms with Crippen molar-refractivity contribution in [2.45, 2.75) is 30.0 Å². The van der Waals surface area contributed by atoms with Gasteiger partial charge in [0, 0.05) is 117 Å². The Morgan fingerprint density at radius 1 is 1.06 bits per heavy atom. The number of anilines is 1. The smallest absolute Gasteiger partial charge is 0.375 e. The average Bonchev–Trinajstić information content (AvgIpc) is 3.71. The van der Waals surface area contributed by atoms with E-state index in [4.69, 9.17) is 10.6 Å². The molecule has 1 saturated heterocycles. The third-order valence-electron chi connectivity index (χ3n) is 7.30. The van der Waals surface area contributed by atoms with E-state index >= 15 is 0 Å². The molecule has 0 saturated carbocycles. The van der Waals surface area contributed by atoms with Crippen molar-refractivity contribution in [2.75, 3.05) is 17.2 Å². The van der Waals surface area contributed by atoms with Crippen molar-refractivity contribution >= 4 is 170 Å². The van der Waals surface area contributed by atoms with E-state index in [9.17, 15) is 49.5 Å². The first-order valence-electron chi connectivity index (χ1n) is 14.2. The summed E-state index contributed by atoms with van der Waals surface area (Å²) in [5, 5.41) is 60.1. The molecule has 54 heavy (non-hydrogen) atoms. The molecule has 0 unspecified atom stereocenters. The number of oxime groups is 1. The molecule has 2 amide bonds. The Bertz CT molecular complexity index is 2230. The number of amides is 2. The van der Waals surface area contributed by atoms with Gasteiger partial charge in [-0.05, 0) is 30.7 Å². The second-order valence-electron chi connectivity index (χ2n) is 10.7. The van der Waals surface area contributed by atoms with Crippen LogP contribution in [0.5, 0.6) is 11.5 Å². The summed E-state index contributed by atoms with van der Waals surface area (Å²) in [5.74, 6) is -7.27. The summed E-state index contributed by atoms with van der Waals surface area (Å²) in [6.45, 7) is 1.10. The molecule has 5 heterocycles. The van der Waals surface area contributed by atoms with Crippen LogP contribution in [0.4, 0.5) is 5.13 Å². The van der Waals surface area contributed by atoms with Crippen molar-refractivity contribution in [3.8, 4) is 11.5 Å². The van der Waals surface area contributed by atoms with Gasteiger partial charge in [-0.2, -0.15) is 9.50 Å². The maximum atomic E-state index is 13.5. The Labute approximate surface area is 381 Å². The quantitative estimate of drug-likeness (QED) is 0.0182. The molecule has 6 rings (SSSR count). The number of thiazole rings is 1. The Balaban J connectivity index is 0.00000261. The van der Waals surface area contributed by atoms with E-state index in [2.05, 4.69) is 30.5 Å². The number of β-lactam (4-membered cyclic amide) rings is 1.